The normalized spacial score (nSPS) is 54.6. The summed E-state index contributed by atoms with van der Waals surface area (Å²) < 4.78 is 5.78. The van der Waals surface area contributed by atoms with E-state index in [0.29, 0.717) is 28.6 Å². The summed E-state index contributed by atoms with van der Waals surface area (Å²) in [6.07, 6.45) is 10.2. The van der Waals surface area contributed by atoms with Gasteiger partial charge in [0.1, 0.15) is 6.10 Å². The molecule has 0 bridgehead atoms. The van der Waals surface area contributed by atoms with Gasteiger partial charge in [0, 0.05) is 12.3 Å². The molecule has 1 N–H and O–H groups in total. The highest BCUT2D eigenvalue weighted by Crippen LogP contribution is 2.77. The van der Waals surface area contributed by atoms with Gasteiger partial charge in [0.05, 0.1) is 6.10 Å². The number of esters is 1. The van der Waals surface area contributed by atoms with Crippen molar-refractivity contribution in [3.05, 3.63) is 12.2 Å². The van der Waals surface area contributed by atoms with Gasteiger partial charge in [-0.3, -0.25) is 4.79 Å². The largest absolute Gasteiger partial charge is 0.459 e. The van der Waals surface area contributed by atoms with Crippen LogP contribution in [0.1, 0.15) is 113 Å². The van der Waals surface area contributed by atoms with E-state index >= 15 is 0 Å². The maximum absolute atomic E-state index is 11.9. The van der Waals surface area contributed by atoms with E-state index < -0.39 is 12.2 Å². The lowest BCUT2D eigenvalue weighted by molar-refractivity contribution is -0.265. The fourth-order valence-electron chi connectivity index (χ4n) is 12.0. The third-order valence-electron chi connectivity index (χ3n) is 13.7. The quantitative estimate of drug-likeness (QED) is 0.325. The number of ether oxygens (including phenoxy) is 1. The summed E-state index contributed by atoms with van der Waals surface area (Å²) in [6.45, 7) is 23.2. The van der Waals surface area contributed by atoms with Crippen LogP contribution in [0.4, 0.5) is 0 Å². The van der Waals surface area contributed by atoms with Crippen LogP contribution in [0.2, 0.25) is 0 Å². The minimum Gasteiger partial charge on any atom is -0.459 e. The molecule has 0 aromatic heterocycles. The van der Waals surface area contributed by atoms with Gasteiger partial charge in [-0.25, -0.2) is 0 Å². The molecule has 5 rings (SSSR count). The molecule has 0 aromatic rings. The zero-order chi connectivity index (χ0) is 25.8. The van der Waals surface area contributed by atoms with E-state index in [1.54, 1.807) is 0 Å². The summed E-state index contributed by atoms with van der Waals surface area (Å²) in [5.41, 5.74) is 2.38. The predicted octanol–water partition coefficient (Wildman–Crippen LogP) is 7.57. The van der Waals surface area contributed by atoms with Crippen LogP contribution in [-0.4, -0.2) is 23.3 Å². The third kappa shape index (κ3) is 3.28. The zero-order valence-electron chi connectivity index (χ0n) is 23.9. The first-order valence-electron chi connectivity index (χ1n) is 14.6. The van der Waals surface area contributed by atoms with Gasteiger partial charge in [0.25, 0.3) is 0 Å². The van der Waals surface area contributed by atoms with Crippen molar-refractivity contribution < 1.29 is 14.6 Å². The number of hydrogen-bond acceptors (Lipinski definition) is 3. The Bertz CT molecular complexity index is 906. The van der Waals surface area contributed by atoms with Gasteiger partial charge in [-0.2, -0.15) is 0 Å². The maximum atomic E-state index is 11.9. The highest BCUT2D eigenvalue weighted by atomic mass is 16.6. The average molecular weight is 485 g/mol. The second-order valence-electron chi connectivity index (χ2n) is 15.5. The average Bonchev–Trinajstić information content (AvgIpc) is 3.09. The summed E-state index contributed by atoms with van der Waals surface area (Å²) in [4.78, 5) is 11.9. The minimum absolute atomic E-state index is 0.0741. The standard InChI is InChI=1S/C32H52O3/c1-19(2)21-12-14-29(6)16-17-31(8)22(26(21)29)10-11-25-30(7)18-23(34)27(35-20(3)33)28(4,5)24(30)13-15-32(25,31)9/h21-27,34H,1,10-18H2,2-9H3. The first-order chi connectivity index (χ1) is 16.1. The second kappa shape index (κ2) is 7.84. The fourth-order valence-corrected chi connectivity index (χ4v) is 12.0. The maximum Gasteiger partial charge on any atom is 0.303 e. The van der Waals surface area contributed by atoms with Gasteiger partial charge in [0.15, 0.2) is 0 Å². The summed E-state index contributed by atoms with van der Waals surface area (Å²) in [5, 5.41) is 11.4. The Morgan fingerprint density at radius 1 is 0.857 bits per heavy atom. The van der Waals surface area contributed by atoms with Crippen molar-refractivity contribution in [2.24, 2.45) is 56.7 Å². The molecule has 11 unspecified atom stereocenters. The SMILES string of the molecule is C=C(C)C1CCC2(C)CCC3(C)C(CCC4C5(C)CC(O)C(OC(C)=O)C(C)(C)C5CCC43C)C12. The molecule has 0 saturated heterocycles. The Labute approximate surface area is 214 Å². The molecule has 5 saturated carbocycles. The summed E-state index contributed by atoms with van der Waals surface area (Å²) >= 11 is 0. The number of fused-ring (bicyclic) bond motifs is 7. The number of carbonyl (C=O) groups is 1. The number of allylic oxidation sites excluding steroid dienone is 1. The molecule has 198 valence electrons. The second-order valence-corrected chi connectivity index (χ2v) is 15.5. The Morgan fingerprint density at radius 2 is 1.54 bits per heavy atom. The van der Waals surface area contributed by atoms with Crippen molar-refractivity contribution in [1.29, 1.82) is 0 Å². The summed E-state index contributed by atoms with van der Waals surface area (Å²) in [6, 6.07) is 0. The van der Waals surface area contributed by atoms with Crippen molar-refractivity contribution in [2.75, 3.05) is 0 Å². The first-order valence-corrected chi connectivity index (χ1v) is 14.6. The summed E-state index contributed by atoms with van der Waals surface area (Å²) in [5.74, 6) is 3.05. The molecular weight excluding hydrogens is 432 g/mol. The van der Waals surface area contributed by atoms with E-state index in [-0.39, 0.29) is 22.2 Å². The lowest BCUT2D eigenvalue weighted by Gasteiger charge is -2.73. The van der Waals surface area contributed by atoms with Crippen molar-refractivity contribution in [3.8, 4) is 0 Å². The molecule has 3 heteroatoms. The van der Waals surface area contributed by atoms with Crippen LogP contribution in [0.3, 0.4) is 0 Å². The molecule has 0 aromatic carbocycles. The number of aliphatic hydroxyl groups is 1. The first kappa shape index (κ1) is 25.8. The fraction of sp³-hybridized carbons (Fsp3) is 0.906. The smallest absolute Gasteiger partial charge is 0.303 e. The highest BCUT2D eigenvalue weighted by Gasteiger charge is 2.71. The third-order valence-corrected chi connectivity index (χ3v) is 13.7. The van der Waals surface area contributed by atoms with Gasteiger partial charge in [-0.1, -0.05) is 53.7 Å². The van der Waals surface area contributed by atoms with Crippen LogP contribution in [-0.2, 0) is 9.53 Å². The van der Waals surface area contributed by atoms with Crippen molar-refractivity contribution >= 4 is 5.97 Å². The van der Waals surface area contributed by atoms with Crippen LogP contribution >= 0.6 is 0 Å². The highest BCUT2D eigenvalue weighted by molar-refractivity contribution is 5.66. The van der Waals surface area contributed by atoms with Crippen LogP contribution in [0.25, 0.3) is 0 Å². The van der Waals surface area contributed by atoms with E-state index in [9.17, 15) is 9.90 Å². The minimum atomic E-state index is -0.583. The van der Waals surface area contributed by atoms with Gasteiger partial charge in [0.2, 0.25) is 0 Å². The molecule has 0 spiro atoms. The molecular formula is C32H52O3. The van der Waals surface area contributed by atoms with Crippen LogP contribution in [0.5, 0.6) is 0 Å². The van der Waals surface area contributed by atoms with Crippen LogP contribution < -0.4 is 0 Å². The molecule has 0 amide bonds. The monoisotopic (exact) mass is 484 g/mol. The Kier molecular flexibility index (Phi) is 5.78. The topological polar surface area (TPSA) is 46.5 Å². The Balaban J connectivity index is 1.52. The van der Waals surface area contributed by atoms with Crippen LogP contribution in [0.15, 0.2) is 12.2 Å². The van der Waals surface area contributed by atoms with E-state index in [1.807, 2.05) is 0 Å². The van der Waals surface area contributed by atoms with Crippen molar-refractivity contribution in [3.63, 3.8) is 0 Å². The predicted molar refractivity (Wildman–Crippen MR) is 142 cm³/mol. The van der Waals surface area contributed by atoms with E-state index in [2.05, 4.69) is 55.0 Å². The molecule has 35 heavy (non-hydrogen) atoms. The van der Waals surface area contributed by atoms with E-state index in [4.69, 9.17) is 4.74 Å². The van der Waals surface area contributed by atoms with Gasteiger partial charge >= 0.3 is 5.97 Å². The van der Waals surface area contributed by atoms with E-state index in [1.165, 1.54) is 63.9 Å². The summed E-state index contributed by atoms with van der Waals surface area (Å²) in [7, 11) is 0. The Morgan fingerprint density at radius 3 is 2.17 bits per heavy atom. The lowest BCUT2D eigenvalue weighted by Crippen LogP contribution is -2.68. The lowest BCUT2D eigenvalue weighted by atomic mass is 9.32. The molecule has 5 aliphatic carbocycles. The van der Waals surface area contributed by atoms with Crippen LogP contribution in [0, 0.1) is 56.7 Å². The van der Waals surface area contributed by atoms with Gasteiger partial charge in [-0.05, 0) is 116 Å². The zero-order valence-corrected chi connectivity index (χ0v) is 23.9. The molecule has 3 nitrogen and oxygen atoms in total. The molecule has 5 aliphatic rings. The number of hydrogen-bond donors (Lipinski definition) is 1. The number of carbonyl (C=O) groups excluding carboxylic acids is 1. The van der Waals surface area contributed by atoms with Crippen molar-refractivity contribution in [1.82, 2.24) is 0 Å². The molecule has 5 fully saturated rings. The Hall–Kier alpha value is -0.830. The van der Waals surface area contributed by atoms with E-state index in [0.717, 1.165) is 18.3 Å². The van der Waals surface area contributed by atoms with Crippen molar-refractivity contribution in [2.45, 2.75) is 125 Å². The number of rotatable bonds is 2. The molecule has 0 radical (unpaired) electrons. The molecule has 0 heterocycles. The molecule has 11 atom stereocenters. The van der Waals surface area contributed by atoms with Gasteiger partial charge in [-0.15, -0.1) is 0 Å². The van der Waals surface area contributed by atoms with Gasteiger partial charge < -0.3 is 9.84 Å². The molecule has 0 aliphatic heterocycles. The number of aliphatic hydroxyl groups excluding tert-OH is 1.